The molecule has 1 N–H and O–H groups in total. The lowest BCUT2D eigenvalue weighted by atomic mass is 10.1. The second-order valence-electron chi connectivity index (χ2n) is 3.59. The van der Waals surface area contributed by atoms with Gasteiger partial charge in [0.15, 0.2) is 0 Å². The van der Waals surface area contributed by atoms with Crippen LogP contribution in [0, 0.1) is 6.92 Å². The third-order valence-corrected chi connectivity index (χ3v) is 2.39. The molecule has 1 heterocycles. The molecule has 0 radical (unpaired) electrons. The highest BCUT2D eigenvalue weighted by Gasteiger charge is 2.15. The Kier molecular flexibility index (Phi) is 2.45. The molecule has 0 bridgehead atoms. The van der Waals surface area contributed by atoms with Crippen LogP contribution in [-0.4, -0.2) is 15.6 Å². The van der Waals surface area contributed by atoms with E-state index in [1.807, 2.05) is 18.5 Å². The van der Waals surface area contributed by atoms with E-state index in [0.717, 1.165) is 11.4 Å². The van der Waals surface area contributed by atoms with E-state index in [-0.39, 0.29) is 0 Å². The van der Waals surface area contributed by atoms with Crippen molar-refractivity contribution in [1.82, 2.24) is 4.57 Å². The second-order valence-corrected chi connectivity index (χ2v) is 3.59. The van der Waals surface area contributed by atoms with Crippen LogP contribution in [0.1, 0.15) is 41.5 Å². The first-order valence-corrected chi connectivity index (χ1v) is 4.34. The van der Waals surface area contributed by atoms with E-state index in [1.54, 1.807) is 6.07 Å². The number of nitrogens with zero attached hydrogens (tertiary/aromatic N) is 1. The average molecular weight is 181 g/mol. The Hall–Kier alpha value is -1.25. The highest BCUT2D eigenvalue weighted by Crippen LogP contribution is 2.20. The van der Waals surface area contributed by atoms with Crippen molar-refractivity contribution in [2.75, 3.05) is 0 Å². The first-order chi connectivity index (χ1) is 5.95. The summed E-state index contributed by atoms with van der Waals surface area (Å²) in [5.41, 5.74) is 2.29. The van der Waals surface area contributed by atoms with Crippen LogP contribution in [0.5, 0.6) is 0 Å². The van der Waals surface area contributed by atoms with E-state index in [1.165, 1.54) is 0 Å². The average Bonchev–Trinajstić information content (AvgIpc) is 2.29. The Morgan fingerprint density at radius 2 is 2.08 bits per heavy atom. The molecule has 0 amide bonds. The Labute approximate surface area is 78.0 Å². The molecule has 3 heteroatoms. The maximum absolute atomic E-state index is 10.8. The first kappa shape index (κ1) is 9.84. The molecule has 1 aromatic heterocycles. The Bertz CT molecular complexity index is 337. The molecule has 1 aromatic rings. The van der Waals surface area contributed by atoms with Crippen molar-refractivity contribution >= 4 is 5.97 Å². The quantitative estimate of drug-likeness (QED) is 0.759. The highest BCUT2D eigenvalue weighted by molar-refractivity contribution is 5.89. The van der Waals surface area contributed by atoms with Gasteiger partial charge in [0.05, 0.1) is 5.56 Å². The normalized spacial score (nSPS) is 10.8. The van der Waals surface area contributed by atoms with Gasteiger partial charge in [-0.1, -0.05) is 13.8 Å². The molecule has 0 unspecified atom stereocenters. The monoisotopic (exact) mass is 181 g/mol. The van der Waals surface area contributed by atoms with Crippen LogP contribution in [-0.2, 0) is 7.05 Å². The lowest BCUT2D eigenvalue weighted by Gasteiger charge is -2.07. The van der Waals surface area contributed by atoms with Gasteiger partial charge in [-0.3, -0.25) is 0 Å². The second kappa shape index (κ2) is 3.24. The van der Waals surface area contributed by atoms with Gasteiger partial charge in [-0.25, -0.2) is 4.79 Å². The zero-order valence-electron chi connectivity index (χ0n) is 8.46. The molecule has 0 aromatic carbocycles. The van der Waals surface area contributed by atoms with Gasteiger partial charge in [-0.15, -0.1) is 0 Å². The van der Waals surface area contributed by atoms with Gasteiger partial charge < -0.3 is 9.67 Å². The summed E-state index contributed by atoms with van der Waals surface area (Å²) >= 11 is 0. The van der Waals surface area contributed by atoms with E-state index < -0.39 is 5.97 Å². The van der Waals surface area contributed by atoms with E-state index in [9.17, 15) is 4.79 Å². The number of carboxylic acids is 1. The molecule has 3 nitrogen and oxygen atoms in total. The lowest BCUT2D eigenvalue weighted by Crippen LogP contribution is -2.01. The van der Waals surface area contributed by atoms with Crippen molar-refractivity contribution < 1.29 is 9.90 Å². The molecule has 13 heavy (non-hydrogen) atoms. The zero-order chi connectivity index (χ0) is 10.2. The summed E-state index contributed by atoms with van der Waals surface area (Å²) in [6.45, 7) is 5.94. The van der Waals surface area contributed by atoms with Crippen LogP contribution in [0.4, 0.5) is 0 Å². The Balaban J connectivity index is 3.28. The van der Waals surface area contributed by atoms with Crippen LogP contribution >= 0.6 is 0 Å². The number of hydrogen-bond acceptors (Lipinski definition) is 1. The fourth-order valence-corrected chi connectivity index (χ4v) is 1.49. The first-order valence-electron chi connectivity index (χ1n) is 4.34. The summed E-state index contributed by atoms with van der Waals surface area (Å²) in [5.74, 6) is -0.489. The number of carbonyl (C=O) groups is 1. The lowest BCUT2D eigenvalue weighted by molar-refractivity contribution is 0.0696. The van der Waals surface area contributed by atoms with Crippen molar-refractivity contribution in [2.45, 2.75) is 26.7 Å². The fraction of sp³-hybridized carbons (Fsp3) is 0.500. The van der Waals surface area contributed by atoms with Crippen LogP contribution < -0.4 is 0 Å². The number of aromatic carboxylic acids is 1. The topological polar surface area (TPSA) is 42.2 Å². The van der Waals surface area contributed by atoms with Crippen LogP contribution in [0.3, 0.4) is 0 Å². The summed E-state index contributed by atoms with van der Waals surface area (Å²) in [5, 5.41) is 8.87. The molecule has 0 aliphatic heterocycles. The van der Waals surface area contributed by atoms with Crippen LogP contribution in [0.2, 0.25) is 0 Å². The van der Waals surface area contributed by atoms with Crippen molar-refractivity contribution in [3.63, 3.8) is 0 Å². The summed E-state index contributed by atoms with van der Waals surface area (Å²) in [6.07, 6.45) is 0. The van der Waals surface area contributed by atoms with Crippen molar-refractivity contribution in [1.29, 1.82) is 0 Å². The minimum Gasteiger partial charge on any atom is -0.478 e. The predicted molar refractivity (Wildman–Crippen MR) is 51.2 cm³/mol. The number of carboxylic acid groups (broad SMARTS) is 1. The molecule has 0 atom stereocenters. The van der Waals surface area contributed by atoms with Gasteiger partial charge in [-0.05, 0) is 18.9 Å². The SMILES string of the molecule is Cc1c(C(=O)O)cc(C(C)C)n1C. The minimum absolute atomic E-state index is 0.358. The summed E-state index contributed by atoms with van der Waals surface area (Å²) in [6, 6.07) is 1.75. The molecule has 0 saturated heterocycles. The van der Waals surface area contributed by atoms with E-state index in [0.29, 0.717) is 11.5 Å². The third kappa shape index (κ3) is 1.59. The fourth-order valence-electron chi connectivity index (χ4n) is 1.49. The van der Waals surface area contributed by atoms with Gasteiger partial charge >= 0.3 is 5.97 Å². The number of rotatable bonds is 2. The van der Waals surface area contributed by atoms with Crippen LogP contribution in [0.15, 0.2) is 6.07 Å². The van der Waals surface area contributed by atoms with E-state index >= 15 is 0 Å². The molecular weight excluding hydrogens is 166 g/mol. The third-order valence-electron chi connectivity index (χ3n) is 2.39. The molecule has 0 spiro atoms. The van der Waals surface area contributed by atoms with E-state index in [2.05, 4.69) is 13.8 Å². The molecule has 1 rings (SSSR count). The maximum Gasteiger partial charge on any atom is 0.337 e. The van der Waals surface area contributed by atoms with Gasteiger partial charge in [0.25, 0.3) is 0 Å². The largest absolute Gasteiger partial charge is 0.478 e. The van der Waals surface area contributed by atoms with Gasteiger partial charge in [0.1, 0.15) is 0 Å². The minimum atomic E-state index is -0.847. The molecule has 0 saturated carbocycles. The molecule has 0 fully saturated rings. The zero-order valence-corrected chi connectivity index (χ0v) is 8.46. The van der Waals surface area contributed by atoms with Crippen molar-refractivity contribution in [2.24, 2.45) is 7.05 Å². The molecule has 0 aliphatic rings. The van der Waals surface area contributed by atoms with Crippen molar-refractivity contribution in [3.05, 3.63) is 23.0 Å². The number of aromatic nitrogens is 1. The standard InChI is InChI=1S/C10H15NO2/c1-6(2)9-5-8(10(12)13)7(3)11(9)4/h5-6H,1-4H3,(H,12,13). The maximum atomic E-state index is 10.8. The predicted octanol–water partition coefficient (Wildman–Crippen LogP) is 2.16. The molecule has 72 valence electrons. The van der Waals surface area contributed by atoms with Gasteiger partial charge in [0, 0.05) is 18.4 Å². The van der Waals surface area contributed by atoms with Gasteiger partial charge in [0.2, 0.25) is 0 Å². The van der Waals surface area contributed by atoms with Crippen LogP contribution in [0.25, 0.3) is 0 Å². The van der Waals surface area contributed by atoms with Crippen molar-refractivity contribution in [3.8, 4) is 0 Å². The number of hydrogen-bond donors (Lipinski definition) is 1. The smallest absolute Gasteiger partial charge is 0.337 e. The molecule has 0 aliphatic carbocycles. The summed E-state index contributed by atoms with van der Waals surface area (Å²) in [7, 11) is 1.90. The highest BCUT2D eigenvalue weighted by atomic mass is 16.4. The summed E-state index contributed by atoms with van der Waals surface area (Å²) < 4.78 is 1.94. The molecular formula is C10H15NO2. The Morgan fingerprint density at radius 3 is 2.31 bits per heavy atom. The summed E-state index contributed by atoms with van der Waals surface area (Å²) in [4.78, 5) is 10.8. The Morgan fingerprint density at radius 1 is 1.54 bits per heavy atom. The van der Waals surface area contributed by atoms with Gasteiger partial charge in [-0.2, -0.15) is 0 Å². The van der Waals surface area contributed by atoms with E-state index in [4.69, 9.17) is 5.11 Å².